The first kappa shape index (κ1) is 32.3. The van der Waals surface area contributed by atoms with E-state index in [2.05, 4.69) is 195 Å². The molecule has 3 aliphatic carbocycles. The fraction of sp³-hybridized carbons (Fsp3) is 0.148. The van der Waals surface area contributed by atoms with E-state index in [4.69, 9.17) is 0 Å². The molecule has 8 aromatic rings. The quantitative estimate of drug-likeness (QED) is 0.172. The van der Waals surface area contributed by atoms with Crippen LogP contribution >= 0.6 is 0 Å². The summed E-state index contributed by atoms with van der Waals surface area (Å²) in [5, 5.41) is 2.51. The molecule has 11 rings (SSSR count). The molecule has 1 spiro atoms. The monoisotopic (exact) mass is 705 g/mol. The van der Waals surface area contributed by atoms with E-state index in [-0.39, 0.29) is 10.8 Å². The average Bonchev–Trinajstić information content (AvgIpc) is 3.91. The molecule has 55 heavy (non-hydrogen) atoms. The van der Waals surface area contributed by atoms with Crippen LogP contribution < -0.4 is 4.90 Å². The van der Waals surface area contributed by atoms with Gasteiger partial charge in [0, 0.05) is 27.8 Å². The van der Waals surface area contributed by atoms with Gasteiger partial charge in [-0.2, -0.15) is 0 Å². The van der Waals surface area contributed by atoms with Crippen molar-refractivity contribution < 1.29 is 0 Å². The summed E-state index contributed by atoms with van der Waals surface area (Å²) in [5.74, 6) is 0. The molecule has 1 fully saturated rings. The van der Waals surface area contributed by atoms with Gasteiger partial charge in [0.05, 0.1) is 5.69 Å². The summed E-state index contributed by atoms with van der Waals surface area (Å²) in [7, 11) is 0. The van der Waals surface area contributed by atoms with Crippen LogP contribution in [0.1, 0.15) is 61.8 Å². The minimum atomic E-state index is -0.0822. The Kier molecular flexibility index (Phi) is 7.14. The average molecular weight is 706 g/mol. The summed E-state index contributed by atoms with van der Waals surface area (Å²) in [4.78, 5) is 2.53. The molecule has 0 unspecified atom stereocenters. The van der Waals surface area contributed by atoms with Gasteiger partial charge in [-0.3, -0.25) is 0 Å². The van der Waals surface area contributed by atoms with Gasteiger partial charge in [0.25, 0.3) is 0 Å². The van der Waals surface area contributed by atoms with Crippen molar-refractivity contribution in [3.63, 3.8) is 0 Å². The Hall–Kier alpha value is -6.18. The predicted octanol–water partition coefficient (Wildman–Crippen LogP) is 14.8. The second-order valence-electron chi connectivity index (χ2n) is 16.4. The fourth-order valence-electron chi connectivity index (χ4n) is 10.8. The fourth-order valence-corrected chi connectivity index (χ4v) is 10.8. The molecular weight excluding hydrogens is 663 g/mol. The molecular formula is C54H43N. The van der Waals surface area contributed by atoms with Gasteiger partial charge in [0.1, 0.15) is 0 Å². The number of hydrogen-bond acceptors (Lipinski definition) is 1. The van der Waals surface area contributed by atoms with Gasteiger partial charge in [-0.15, -0.1) is 0 Å². The van der Waals surface area contributed by atoms with Gasteiger partial charge in [-0.05, 0) is 115 Å². The van der Waals surface area contributed by atoms with Gasteiger partial charge >= 0.3 is 0 Å². The van der Waals surface area contributed by atoms with Crippen molar-refractivity contribution in [1.29, 1.82) is 0 Å². The summed E-state index contributed by atoms with van der Waals surface area (Å²) in [5.41, 5.74) is 19.9. The SMILES string of the molecule is CC1(C)c2ccccc2-c2cccc(-c3ccc(N(c4ccc5c(c4)C4(CCCC4)c4ccccc4-5)c4ccc5ccccc5c4-c4ccccc4)cc3)c21. The molecule has 8 aromatic carbocycles. The molecule has 0 bridgehead atoms. The van der Waals surface area contributed by atoms with Crippen molar-refractivity contribution in [1.82, 2.24) is 0 Å². The van der Waals surface area contributed by atoms with E-state index in [9.17, 15) is 0 Å². The maximum Gasteiger partial charge on any atom is 0.0546 e. The van der Waals surface area contributed by atoms with Crippen molar-refractivity contribution in [2.75, 3.05) is 4.90 Å². The highest BCUT2D eigenvalue weighted by Crippen LogP contribution is 2.58. The normalized spacial score (nSPS) is 15.5. The molecule has 0 amide bonds. The summed E-state index contributed by atoms with van der Waals surface area (Å²) in [6.07, 6.45) is 4.97. The summed E-state index contributed by atoms with van der Waals surface area (Å²) in [6, 6.07) is 66.1. The molecule has 0 radical (unpaired) electrons. The van der Waals surface area contributed by atoms with Gasteiger partial charge in [0.2, 0.25) is 0 Å². The maximum atomic E-state index is 2.54. The lowest BCUT2D eigenvalue weighted by Crippen LogP contribution is -2.21. The first-order chi connectivity index (χ1) is 27.0. The van der Waals surface area contributed by atoms with E-state index < -0.39 is 0 Å². The lowest BCUT2D eigenvalue weighted by molar-refractivity contribution is 0.550. The molecule has 1 nitrogen and oxygen atoms in total. The minimum absolute atomic E-state index is 0.0822. The second-order valence-corrected chi connectivity index (χ2v) is 16.4. The Bertz CT molecular complexity index is 2780. The smallest absolute Gasteiger partial charge is 0.0546 e. The zero-order valence-electron chi connectivity index (χ0n) is 31.5. The number of nitrogens with zero attached hydrogens (tertiary/aromatic N) is 1. The van der Waals surface area contributed by atoms with Crippen LogP contribution in [0.2, 0.25) is 0 Å². The Balaban J connectivity index is 1.12. The van der Waals surface area contributed by atoms with Crippen LogP contribution in [0.15, 0.2) is 176 Å². The van der Waals surface area contributed by atoms with E-state index in [0.29, 0.717) is 0 Å². The Morgan fingerprint density at radius 2 is 1.05 bits per heavy atom. The molecule has 0 aromatic heterocycles. The Morgan fingerprint density at radius 1 is 0.436 bits per heavy atom. The number of hydrogen-bond donors (Lipinski definition) is 0. The molecule has 3 aliphatic rings. The first-order valence-electron chi connectivity index (χ1n) is 20.0. The molecule has 1 saturated carbocycles. The lowest BCUT2D eigenvalue weighted by Gasteiger charge is -2.31. The molecule has 0 saturated heterocycles. The van der Waals surface area contributed by atoms with E-state index in [1.54, 1.807) is 0 Å². The van der Waals surface area contributed by atoms with E-state index in [1.165, 1.54) is 115 Å². The van der Waals surface area contributed by atoms with E-state index >= 15 is 0 Å². The van der Waals surface area contributed by atoms with Crippen LogP contribution in [-0.2, 0) is 10.8 Å². The van der Waals surface area contributed by atoms with Gasteiger partial charge < -0.3 is 4.90 Å². The Morgan fingerprint density at radius 3 is 1.85 bits per heavy atom. The molecule has 264 valence electrons. The summed E-state index contributed by atoms with van der Waals surface area (Å²) >= 11 is 0. The van der Waals surface area contributed by atoms with Crippen LogP contribution in [0.4, 0.5) is 17.1 Å². The van der Waals surface area contributed by atoms with E-state index in [1.807, 2.05) is 0 Å². The van der Waals surface area contributed by atoms with Gasteiger partial charge in [-0.1, -0.05) is 172 Å². The molecule has 0 atom stereocenters. The standard InChI is InChI=1S/C54H43N/c1-53(2)47-23-10-8-20-44(47)46-22-14-21-42(52(46)53)37-25-28-39(29-26-37)55(50-32-27-36-15-6-7-18-41(36)51(50)38-16-4-3-5-17-38)40-30-31-45-43-19-9-11-24-48(43)54(49(45)35-40)33-12-13-34-54/h3-11,14-32,35H,12-13,33-34H2,1-2H3. The van der Waals surface area contributed by atoms with Gasteiger partial charge in [0.15, 0.2) is 0 Å². The predicted molar refractivity (Wildman–Crippen MR) is 232 cm³/mol. The largest absolute Gasteiger partial charge is 0.310 e. The Labute approximate surface area is 324 Å². The maximum absolute atomic E-state index is 2.54. The summed E-state index contributed by atoms with van der Waals surface area (Å²) < 4.78 is 0. The zero-order valence-corrected chi connectivity index (χ0v) is 31.5. The summed E-state index contributed by atoms with van der Waals surface area (Å²) in [6.45, 7) is 4.76. The lowest BCUT2D eigenvalue weighted by atomic mass is 9.76. The molecule has 1 heteroatoms. The highest BCUT2D eigenvalue weighted by molar-refractivity contribution is 6.05. The van der Waals surface area contributed by atoms with Crippen LogP contribution in [0.5, 0.6) is 0 Å². The minimum Gasteiger partial charge on any atom is -0.310 e. The van der Waals surface area contributed by atoms with Crippen molar-refractivity contribution in [3.05, 3.63) is 198 Å². The zero-order chi connectivity index (χ0) is 36.7. The molecule has 0 heterocycles. The first-order valence-corrected chi connectivity index (χ1v) is 20.0. The van der Waals surface area contributed by atoms with Crippen LogP contribution in [0.3, 0.4) is 0 Å². The van der Waals surface area contributed by atoms with Crippen molar-refractivity contribution in [2.45, 2.75) is 50.4 Å². The highest BCUT2D eigenvalue weighted by atomic mass is 15.1. The van der Waals surface area contributed by atoms with E-state index in [0.717, 1.165) is 5.69 Å². The third-order valence-corrected chi connectivity index (χ3v) is 13.2. The second kappa shape index (κ2) is 12.2. The van der Waals surface area contributed by atoms with Crippen LogP contribution in [-0.4, -0.2) is 0 Å². The van der Waals surface area contributed by atoms with Crippen LogP contribution in [0, 0.1) is 0 Å². The highest BCUT2D eigenvalue weighted by Gasteiger charge is 2.45. The number of fused-ring (bicyclic) bond motifs is 9. The van der Waals surface area contributed by atoms with Crippen molar-refractivity contribution in [2.24, 2.45) is 0 Å². The topological polar surface area (TPSA) is 3.24 Å². The molecule has 0 N–H and O–H groups in total. The van der Waals surface area contributed by atoms with Crippen molar-refractivity contribution >= 4 is 27.8 Å². The van der Waals surface area contributed by atoms with Crippen molar-refractivity contribution in [3.8, 4) is 44.5 Å². The molecule has 0 aliphatic heterocycles. The number of anilines is 3. The number of benzene rings is 8. The number of rotatable bonds is 5. The third-order valence-electron chi connectivity index (χ3n) is 13.2. The van der Waals surface area contributed by atoms with Crippen LogP contribution in [0.25, 0.3) is 55.3 Å². The van der Waals surface area contributed by atoms with Gasteiger partial charge in [-0.25, -0.2) is 0 Å². The third kappa shape index (κ3) is 4.72.